The standard InChI is InChI=1S/C11H10IN/c12-11-6-5-8(7-13)9-3-1-2-4-10(9)11/h1-6H,7,13H2. The summed E-state index contributed by atoms with van der Waals surface area (Å²) in [6.45, 7) is 0.609. The Labute approximate surface area is 91.1 Å². The Kier molecular flexibility index (Phi) is 2.51. The number of hydrogen-bond acceptors (Lipinski definition) is 1. The van der Waals surface area contributed by atoms with E-state index < -0.39 is 0 Å². The van der Waals surface area contributed by atoms with E-state index in [0.717, 1.165) is 0 Å². The van der Waals surface area contributed by atoms with Gasteiger partial charge in [-0.2, -0.15) is 0 Å². The summed E-state index contributed by atoms with van der Waals surface area (Å²) < 4.78 is 1.28. The molecule has 2 N–H and O–H groups in total. The zero-order valence-corrected chi connectivity index (χ0v) is 9.28. The molecule has 0 aliphatic carbocycles. The molecule has 0 spiro atoms. The zero-order valence-electron chi connectivity index (χ0n) is 7.13. The molecular weight excluding hydrogens is 273 g/mol. The maximum Gasteiger partial charge on any atom is 0.0209 e. The second-order valence-electron chi connectivity index (χ2n) is 2.96. The van der Waals surface area contributed by atoms with Crippen LogP contribution in [0.2, 0.25) is 0 Å². The summed E-state index contributed by atoms with van der Waals surface area (Å²) in [7, 11) is 0. The van der Waals surface area contributed by atoms with E-state index in [1.165, 1.54) is 19.9 Å². The van der Waals surface area contributed by atoms with Gasteiger partial charge in [0.15, 0.2) is 0 Å². The van der Waals surface area contributed by atoms with Crippen LogP contribution < -0.4 is 5.73 Å². The van der Waals surface area contributed by atoms with Crippen molar-refractivity contribution in [3.63, 3.8) is 0 Å². The lowest BCUT2D eigenvalue weighted by Gasteiger charge is -2.05. The van der Waals surface area contributed by atoms with Gasteiger partial charge in [-0.1, -0.05) is 30.3 Å². The number of benzene rings is 2. The molecular formula is C11H10IN. The van der Waals surface area contributed by atoms with E-state index >= 15 is 0 Å². The Bertz CT molecular complexity index is 437. The maximum absolute atomic E-state index is 5.66. The molecule has 0 saturated heterocycles. The van der Waals surface area contributed by atoms with E-state index in [4.69, 9.17) is 5.73 Å². The van der Waals surface area contributed by atoms with E-state index in [1.807, 2.05) is 0 Å². The molecule has 0 aliphatic heterocycles. The number of fused-ring (bicyclic) bond motifs is 1. The molecule has 1 nitrogen and oxygen atoms in total. The highest BCUT2D eigenvalue weighted by Gasteiger charge is 2.01. The third-order valence-corrected chi connectivity index (χ3v) is 3.12. The van der Waals surface area contributed by atoms with Crippen LogP contribution in [0.15, 0.2) is 36.4 Å². The monoisotopic (exact) mass is 283 g/mol. The molecule has 2 aromatic rings. The van der Waals surface area contributed by atoms with Gasteiger partial charge in [-0.3, -0.25) is 0 Å². The first-order valence-corrected chi connectivity index (χ1v) is 5.27. The molecule has 0 amide bonds. The number of rotatable bonds is 1. The average Bonchev–Trinajstić information content (AvgIpc) is 2.19. The molecule has 2 aromatic carbocycles. The van der Waals surface area contributed by atoms with Crippen LogP contribution in [0.4, 0.5) is 0 Å². The third kappa shape index (κ3) is 1.56. The number of halogens is 1. The van der Waals surface area contributed by atoms with Crippen LogP contribution in [0.25, 0.3) is 10.8 Å². The third-order valence-electron chi connectivity index (χ3n) is 2.18. The molecule has 0 atom stereocenters. The minimum absolute atomic E-state index is 0.609. The van der Waals surface area contributed by atoms with Crippen molar-refractivity contribution in [1.29, 1.82) is 0 Å². The van der Waals surface area contributed by atoms with Gasteiger partial charge in [0.05, 0.1) is 0 Å². The fourth-order valence-electron chi connectivity index (χ4n) is 1.50. The van der Waals surface area contributed by atoms with Crippen molar-refractivity contribution in [2.75, 3.05) is 0 Å². The first-order valence-electron chi connectivity index (χ1n) is 4.19. The van der Waals surface area contributed by atoms with Gasteiger partial charge in [0.1, 0.15) is 0 Å². The van der Waals surface area contributed by atoms with Crippen molar-refractivity contribution in [2.45, 2.75) is 6.54 Å². The molecule has 66 valence electrons. The highest BCUT2D eigenvalue weighted by Crippen LogP contribution is 2.23. The van der Waals surface area contributed by atoms with E-state index in [9.17, 15) is 0 Å². The average molecular weight is 283 g/mol. The fourth-order valence-corrected chi connectivity index (χ4v) is 2.15. The first-order chi connectivity index (χ1) is 6.33. The van der Waals surface area contributed by atoms with Gasteiger partial charge < -0.3 is 5.73 Å². The Morgan fingerprint density at radius 3 is 2.38 bits per heavy atom. The molecule has 0 aliphatic rings. The minimum atomic E-state index is 0.609. The predicted molar refractivity (Wildman–Crippen MR) is 64.6 cm³/mol. The topological polar surface area (TPSA) is 26.0 Å². The summed E-state index contributed by atoms with van der Waals surface area (Å²) in [5.74, 6) is 0. The Morgan fingerprint density at radius 2 is 1.69 bits per heavy atom. The Hall–Kier alpha value is -0.610. The minimum Gasteiger partial charge on any atom is -0.326 e. The second kappa shape index (κ2) is 3.64. The van der Waals surface area contributed by atoms with Crippen LogP contribution in [0.1, 0.15) is 5.56 Å². The molecule has 2 heteroatoms. The van der Waals surface area contributed by atoms with Crippen LogP contribution >= 0.6 is 22.6 Å². The van der Waals surface area contributed by atoms with Crippen LogP contribution in [0, 0.1) is 3.57 Å². The summed E-state index contributed by atoms with van der Waals surface area (Å²) >= 11 is 2.35. The van der Waals surface area contributed by atoms with Crippen LogP contribution in [0.5, 0.6) is 0 Å². The highest BCUT2D eigenvalue weighted by molar-refractivity contribution is 14.1. The van der Waals surface area contributed by atoms with Crippen molar-refractivity contribution in [1.82, 2.24) is 0 Å². The van der Waals surface area contributed by atoms with Gasteiger partial charge >= 0.3 is 0 Å². The SMILES string of the molecule is NCc1ccc(I)c2ccccc12. The molecule has 0 bridgehead atoms. The van der Waals surface area contributed by atoms with Crippen molar-refractivity contribution in [3.8, 4) is 0 Å². The van der Waals surface area contributed by atoms with Crippen LogP contribution in [-0.4, -0.2) is 0 Å². The van der Waals surface area contributed by atoms with E-state index in [-0.39, 0.29) is 0 Å². The van der Waals surface area contributed by atoms with Crippen molar-refractivity contribution < 1.29 is 0 Å². The lowest BCUT2D eigenvalue weighted by atomic mass is 10.1. The Balaban J connectivity index is 2.84. The van der Waals surface area contributed by atoms with Gasteiger partial charge in [-0.05, 0) is 45.0 Å². The van der Waals surface area contributed by atoms with E-state index in [2.05, 4.69) is 59.0 Å². The zero-order chi connectivity index (χ0) is 9.26. The molecule has 0 aromatic heterocycles. The lowest BCUT2D eigenvalue weighted by molar-refractivity contribution is 1.09. The number of nitrogens with two attached hydrogens (primary N) is 1. The smallest absolute Gasteiger partial charge is 0.0209 e. The molecule has 0 saturated carbocycles. The molecule has 13 heavy (non-hydrogen) atoms. The normalized spacial score (nSPS) is 10.6. The summed E-state index contributed by atoms with van der Waals surface area (Å²) in [4.78, 5) is 0. The molecule has 0 fully saturated rings. The Morgan fingerprint density at radius 1 is 1.00 bits per heavy atom. The van der Waals surface area contributed by atoms with Gasteiger partial charge in [-0.25, -0.2) is 0 Å². The van der Waals surface area contributed by atoms with Gasteiger partial charge in [-0.15, -0.1) is 0 Å². The maximum atomic E-state index is 5.66. The highest BCUT2D eigenvalue weighted by atomic mass is 127. The first kappa shape index (κ1) is 8.97. The van der Waals surface area contributed by atoms with E-state index in [0.29, 0.717) is 6.54 Å². The fraction of sp³-hybridized carbons (Fsp3) is 0.0909. The van der Waals surface area contributed by atoms with Crippen molar-refractivity contribution >= 4 is 33.4 Å². The summed E-state index contributed by atoms with van der Waals surface area (Å²) in [5, 5.41) is 2.57. The largest absolute Gasteiger partial charge is 0.326 e. The molecule has 2 rings (SSSR count). The molecule has 0 radical (unpaired) electrons. The molecule has 0 unspecified atom stereocenters. The van der Waals surface area contributed by atoms with Crippen LogP contribution in [0.3, 0.4) is 0 Å². The predicted octanol–water partition coefficient (Wildman–Crippen LogP) is 2.90. The summed E-state index contributed by atoms with van der Waals surface area (Å²) in [6, 6.07) is 12.6. The lowest BCUT2D eigenvalue weighted by Crippen LogP contribution is -1.97. The number of hydrogen-bond donors (Lipinski definition) is 1. The summed E-state index contributed by atoms with van der Waals surface area (Å²) in [6.07, 6.45) is 0. The van der Waals surface area contributed by atoms with Crippen molar-refractivity contribution in [2.24, 2.45) is 5.73 Å². The van der Waals surface area contributed by atoms with Gasteiger partial charge in [0.25, 0.3) is 0 Å². The van der Waals surface area contributed by atoms with Gasteiger partial charge in [0.2, 0.25) is 0 Å². The van der Waals surface area contributed by atoms with E-state index in [1.54, 1.807) is 0 Å². The second-order valence-corrected chi connectivity index (χ2v) is 4.12. The van der Waals surface area contributed by atoms with Crippen molar-refractivity contribution in [3.05, 3.63) is 45.5 Å². The quantitative estimate of drug-likeness (QED) is 0.800. The summed E-state index contributed by atoms with van der Waals surface area (Å²) in [5.41, 5.74) is 6.88. The van der Waals surface area contributed by atoms with Crippen LogP contribution in [-0.2, 0) is 6.54 Å². The molecule has 0 heterocycles. The van der Waals surface area contributed by atoms with Gasteiger partial charge in [0, 0.05) is 10.1 Å².